The van der Waals surface area contributed by atoms with Gasteiger partial charge in [0.2, 0.25) is 5.12 Å². The molecule has 3 saturated carbocycles. The zero-order valence-electron chi connectivity index (χ0n) is 29.0. The number of esters is 1. The number of amides is 1. The maximum atomic E-state index is 13.8. The van der Waals surface area contributed by atoms with Crippen molar-refractivity contribution < 1.29 is 33.0 Å². The highest BCUT2D eigenvalue weighted by Gasteiger charge is 2.71. The van der Waals surface area contributed by atoms with Crippen molar-refractivity contribution in [3.05, 3.63) is 101 Å². The van der Waals surface area contributed by atoms with E-state index in [1.807, 2.05) is 48.1 Å². The SMILES string of the molecule is C[C@]12Cc3cnn(-c4cccc(C(=O)NCc5cccnc5)c4)c3C=C1CC[C@@H]1[C@@H]2[C@@H](O)C[C@@]2(C)[C@H]1CC[C@]2(OC(=O)c1cocn1)C(=O)SCF. The van der Waals surface area contributed by atoms with Gasteiger partial charge in [-0.2, -0.15) is 5.10 Å². The van der Waals surface area contributed by atoms with Gasteiger partial charge in [0.05, 0.1) is 23.7 Å². The fraction of sp³-hybridized carbons (Fsp3) is 0.436. The number of fused-ring (bicyclic) bond motifs is 6. The number of thioether (sulfide) groups is 1. The topological polar surface area (TPSA) is 149 Å². The fourth-order valence-corrected chi connectivity index (χ4v) is 10.9. The van der Waals surface area contributed by atoms with Crippen LogP contribution in [0.25, 0.3) is 11.8 Å². The van der Waals surface area contributed by atoms with Crippen molar-refractivity contribution in [1.82, 2.24) is 25.1 Å². The van der Waals surface area contributed by atoms with E-state index >= 15 is 0 Å². The normalized spacial score (nSPS) is 30.3. The zero-order valence-corrected chi connectivity index (χ0v) is 29.8. The van der Waals surface area contributed by atoms with E-state index in [0.29, 0.717) is 36.7 Å². The highest BCUT2D eigenvalue weighted by Crippen LogP contribution is 2.69. The minimum absolute atomic E-state index is 0.0373. The molecule has 4 aliphatic rings. The predicted molar refractivity (Wildman–Crippen MR) is 190 cm³/mol. The van der Waals surface area contributed by atoms with Crippen molar-refractivity contribution in [2.24, 2.45) is 28.6 Å². The second-order valence-corrected chi connectivity index (χ2v) is 15.9. The number of carbonyl (C=O) groups excluding carboxylic acids is 3. The number of hydrogen-bond donors (Lipinski definition) is 2. The Balaban J connectivity index is 1.06. The Morgan fingerprint density at radius 2 is 2.04 bits per heavy atom. The van der Waals surface area contributed by atoms with E-state index in [0.717, 1.165) is 48.0 Å². The van der Waals surface area contributed by atoms with Gasteiger partial charge in [0.1, 0.15) is 12.3 Å². The van der Waals surface area contributed by atoms with Crippen LogP contribution in [0.15, 0.2) is 77.6 Å². The van der Waals surface area contributed by atoms with Crippen LogP contribution in [-0.4, -0.2) is 59.6 Å². The fourth-order valence-electron chi connectivity index (χ4n) is 10.2. The molecule has 1 aromatic carbocycles. The largest absolute Gasteiger partial charge is 0.451 e. The molecule has 7 atom stereocenters. The van der Waals surface area contributed by atoms with Crippen molar-refractivity contribution in [2.45, 2.75) is 70.6 Å². The van der Waals surface area contributed by atoms with E-state index in [1.54, 1.807) is 18.5 Å². The Kier molecular flexibility index (Phi) is 8.68. The number of oxazole rings is 1. The van der Waals surface area contributed by atoms with E-state index < -0.39 is 34.2 Å². The molecule has 0 bridgehead atoms. The molecule has 0 aliphatic heterocycles. The van der Waals surface area contributed by atoms with E-state index in [9.17, 15) is 23.9 Å². The van der Waals surface area contributed by atoms with Crippen LogP contribution in [0.3, 0.4) is 0 Å². The third kappa shape index (κ3) is 5.42. The smallest absolute Gasteiger partial charge is 0.361 e. The Morgan fingerprint density at radius 1 is 1.17 bits per heavy atom. The van der Waals surface area contributed by atoms with E-state index in [-0.39, 0.29) is 47.6 Å². The molecule has 0 unspecified atom stereocenters. The lowest BCUT2D eigenvalue weighted by molar-refractivity contribution is -0.174. The first kappa shape index (κ1) is 34.5. The van der Waals surface area contributed by atoms with Gasteiger partial charge < -0.3 is 19.6 Å². The second-order valence-electron chi connectivity index (χ2n) is 15.0. The minimum Gasteiger partial charge on any atom is -0.451 e. The number of rotatable bonds is 8. The number of hydrogen-bond acceptors (Lipinski definition) is 10. The van der Waals surface area contributed by atoms with E-state index in [1.165, 1.54) is 5.57 Å². The van der Waals surface area contributed by atoms with Crippen LogP contribution in [0, 0.1) is 28.6 Å². The summed E-state index contributed by atoms with van der Waals surface area (Å²) in [5.41, 5.74) is 2.49. The molecule has 4 aliphatic carbocycles. The Hall–Kier alpha value is -4.62. The van der Waals surface area contributed by atoms with Crippen LogP contribution in [0.2, 0.25) is 0 Å². The summed E-state index contributed by atoms with van der Waals surface area (Å²) in [5, 5.41) is 19.4. The number of carbonyl (C=O) groups is 3. The summed E-state index contributed by atoms with van der Waals surface area (Å²) in [6.07, 6.45) is 12.3. The maximum absolute atomic E-state index is 13.8. The summed E-state index contributed by atoms with van der Waals surface area (Å²) < 4.78 is 26.6. The molecular weight excluding hydrogens is 686 g/mol. The number of nitrogens with one attached hydrogen (secondary N) is 1. The zero-order chi connectivity index (χ0) is 36.3. The molecular formula is C39H40FN5O6S. The number of aliphatic hydroxyl groups is 1. The second kappa shape index (κ2) is 13.1. The van der Waals surface area contributed by atoms with E-state index in [4.69, 9.17) is 14.3 Å². The molecule has 11 nitrogen and oxygen atoms in total. The molecule has 3 fully saturated rings. The molecule has 3 heterocycles. The number of ether oxygens (including phenoxy) is 1. The molecule has 1 amide bonds. The molecule has 0 spiro atoms. The average molecular weight is 726 g/mol. The van der Waals surface area contributed by atoms with Crippen LogP contribution in [0.4, 0.5) is 4.39 Å². The highest BCUT2D eigenvalue weighted by molar-refractivity contribution is 8.13. The van der Waals surface area contributed by atoms with Crippen LogP contribution in [0.1, 0.15) is 83.6 Å². The molecule has 0 saturated heterocycles. The van der Waals surface area contributed by atoms with Gasteiger partial charge in [0, 0.05) is 29.9 Å². The molecule has 8 rings (SSSR count). The number of halogens is 1. The first-order chi connectivity index (χ1) is 25.1. The minimum atomic E-state index is -1.61. The Morgan fingerprint density at radius 3 is 2.81 bits per heavy atom. The van der Waals surface area contributed by atoms with Crippen molar-refractivity contribution in [2.75, 3.05) is 6.01 Å². The first-order valence-electron chi connectivity index (χ1n) is 17.7. The van der Waals surface area contributed by atoms with Gasteiger partial charge in [-0.1, -0.05) is 31.6 Å². The monoisotopic (exact) mass is 725 g/mol. The van der Waals surface area contributed by atoms with Crippen molar-refractivity contribution >= 4 is 34.8 Å². The van der Waals surface area contributed by atoms with Crippen LogP contribution >= 0.6 is 11.8 Å². The average Bonchev–Trinajstić information content (AvgIpc) is 3.89. The Labute approximate surface area is 304 Å². The number of alkyl halides is 1. The first-order valence-corrected chi connectivity index (χ1v) is 18.6. The number of aromatic nitrogens is 4. The quantitative estimate of drug-likeness (QED) is 0.204. The van der Waals surface area contributed by atoms with Gasteiger partial charge in [-0.25, -0.2) is 18.9 Å². The van der Waals surface area contributed by atoms with Gasteiger partial charge in [-0.15, -0.1) is 0 Å². The third-order valence-corrected chi connectivity index (χ3v) is 13.2. The summed E-state index contributed by atoms with van der Waals surface area (Å²) in [4.78, 5) is 48.1. The van der Waals surface area contributed by atoms with E-state index in [2.05, 4.69) is 28.3 Å². The molecule has 2 N–H and O–H groups in total. The van der Waals surface area contributed by atoms with Gasteiger partial charge >= 0.3 is 5.97 Å². The van der Waals surface area contributed by atoms with Gasteiger partial charge in [0.25, 0.3) is 5.91 Å². The van der Waals surface area contributed by atoms with Crippen molar-refractivity contribution in [3.8, 4) is 5.69 Å². The highest BCUT2D eigenvalue weighted by atomic mass is 32.2. The maximum Gasteiger partial charge on any atom is 0.361 e. The summed E-state index contributed by atoms with van der Waals surface area (Å²) in [5.74, 6) is -1.09. The number of nitrogens with zero attached hydrogens (tertiary/aromatic N) is 4. The van der Waals surface area contributed by atoms with Crippen molar-refractivity contribution in [1.29, 1.82) is 0 Å². The summed E-state index contributed by atoms with van der Waals surface area (Å²) in [7, 11) is 0. The lowest BCUT2D eigenvalue weighted by Gasteiger charge is -2.60. The third-order valence-electron chi connectivity index (χ3n) is 12.5. The van der Waals surface area contributed by atoms with Crippen molar-refractivity contribution in [3.63, 3.8) is 0 Å². The molecule has 270 valence electrons. The lowest BCUT2D eigenvalue weighted by Crippen LogP contribution is -2.62. The number of pyridine rings is 1. The molecule has 4 aromatic rings. The standard InChI is InChI=1S/C39H40FN5O6S/c1-37-15-25-19-44-45(27-7-3-6-24(13-27)34(47)42-18-23-5-4-12-41-17-23)31(25)14-26(37)8-9-28-29-10-11-39(36(49)52-21-40,38(29,2)16-32(46)33(28)37)51-35(48)30-20-50-22-43-30/h3-7,12-14,17,19-20,22,28-29,32-33,46H,8-11,15-16,18,21H2,1-2H3,(H,42,47)/t28-,29-,32-,33+,37-,38-,39-/m0/s1. The molecule has 52 heavy (non-hydrogen) atoms. The van der Waals surface area contributed by atoms with Crippen LogP contribution in [0.5, 0.6) is 0 Å². The summed E-state index contributed by atoms with van der Waals surface area (Å²) in [6, 6.07) is 10.2. The lowest BCUT2D eigenvalue weighted by atomic mass is 9.45. The number of aliphatic hydroxyl groups excluding tert-OH is 1. The molecule has 13 heteroatoms. The van der Waals surface area contributed by atoms with Gasteiger partial charge in [-0.05, 0) is 115 Å². The summed E-state index contributed by atoms with van der Waals surface area (Å²) in [6.45, 7) is 4.53. The van der Waals surface area contributed by atoms with Gasteiger partial charge in [-0.3, -0.25) is 14.6 Å². The Bertz CT molecular complexity index is 2050. The number of allylic oxidation sites excluding steroid dienone is 1. The predicted octanol–water partition coefficient (Wildman–Crippen LogP) is 6.12. The number of benzene rings is 1. The van der Waals surface area contributed by atoms with Crippen LogP contribution in [-0.2, 0) is 22.5 Å². The van der Waals surface area contributed by atoms with Crippen LogP contribution < -0.4 is 5.32 Å². The molecule has 3 aromatic heterocycles. The molecule has 0 radical (unpaired) electrons. The van der Waals surface area contributed by atoms with Gasteiger partial charge in [0.15, 0.2) is 17.7 Å². The summed E-state index contributed by atoms with van der Waals surface area (Å²) >= 11 is 0.514.